The van der Waals surface area contributed by atoms with Gasteiger partial charge in [-0.3, -0.25) is 9.59 Å². The van der Waals surface area contributed by atoms with E-state index in [1.807, 2.05) is 38.2 Å². The van der Waals surface area contributed by atoms with Crippen LogP contribution >= 0.6 is 11.8 Å². The molecule has 0 saturated carbocycles. The van der Waals surface area contributed by atoms with Crippen LogP contribution in [0.5, 0.6) is 0 Å². The summed E-state index contributed by atoms with van der Waals surface area (Å²) in [5, 5.41) is 3.42. The van der Waals surface area contributed by atoms with Gasteiger partial charge in [-0.1, -0.05) is 47.7 Å². The zero-order valence-electron chi connectivity index (χ0n) is 13.7. The van der Waals surface area contributed by atoms with E-state index in [1.54, 1.807) is 10.6 Å². The van der Waals surface area contributed by atoms with Crippen molar-refractivity contribution in [1.29, 1.82) is 0 Å². The van der Waals surface area contributed by atoms with Gasteiger partial charge in [0, 0.05) is 25.1 Å². The van der Waals surface area contributed by atoms with Crippen LogP contribution in [0, 0.1) is 6.92 Å². The third-order valence-corrected chi connectivity index (χ3v) is 5.10. The number of rotatable bonds is 4. The minimum Gasteiger partial charge on any atom is -0.312 e. The van der Waals surface area contributed by atoms with Gasteiger partial charge in [-0.25, -0.2) is 0 Å². The van der Waals surface area contributed by atoms with Gasteiger partial charge in [0.1, 0.15) is 5.82 Å². The molecule has 0 radical (unpaired) electrons. The smallest absolute Gasteiger partial charge is 0.279 e. The molecule has 0 spiro atoms. The fourth-order valence-electron chi connectivity index (χ4n) is 2.97. The number of aromatic nitrogens is 2. The molecule has 2 heterocycles. The summed E-state index contributed by atoms with van der Waals surface area (Å²) >= 11 is 1.42. The number of carbonyl (C=O) groups is 1. The largest absolute Gasteiger partial charge is 0.312 e. The Morgan fingerprint density at radius 1 is 1.46 bits per heavy atom. The molecule has 1 N–H and O–H groups in total. The van der Waals surface area contributed by atoms with Gasteiger partial charge in [0.25, 0.3) is 5.56 Å². The molecule has 0 aliphatic carbocycles. The summed E-state index contributed by atoms with van der Waals surface area (Å²) in [6.07, 6.45) is 2.01. The quantitative estimate of drug-likeness (QED) is 0.528. The number of nitrogens with zero attached hydrogens (tertiary/aromatic N) is 2. The third kappa shape index (κ3) is 3.01. The van der Waals surface area contributed by atoms with Gasteiger partial charge in [-0.2, -0.15) is 4.98 Å². The van der Waals surface area contributed by atoms with Crippen molar-refractivity contribution in [3.8, 4) is 0 Å². The lowest BCUT2D eigenvalue weighted by Gasteiger charge is -2.27. The van der Waals surface area contributed by atoms with Crippen molar-refractivity contribution in [1.82, 2.24) is 9.55 Å². The molecule has 1 aromatic carbocycles. The zero-order chi connectivity index (χ0) is 17.3. The van der Waals surface area contributed by atoms with Crippen molar-refractivity contribution in [3.05, 3.63) is 64.0 Å². The Labute approximate surface area is 144 Å². The highest BCUT2D eigenvalue weighted by atomic mass is 32.2. The Hall–Kier alpha value is -2.34. The van der Waals surface area contributed by atoms with Crippen LogP contribution in [-0.2, 0) is 11.8 Å². The van der Waals surface area contributed by atoms with Crippen molar-refractivity contribution in [3.63, 3.8) is 0 Å². The standard InChI is InChI=1S/C18H19N3O2S/c1-4-8-24-18-20-17(23)15-13(12-7-5-6-11(2)9-12)10-14(22)19-16(15)21(18)3/h4-7,9,13H,1,8,10H2,2-3H3,(H,19,22). The Balaban J connectivity index is 2.16. The molecule has 24 heavy (non-hydrogen) atoms. The molecule has 2 aromatic rings. The van der Waals surface area contributed by atoms with Crippen molar-refractivity contribution >= 4 is 23.5 Å². The number of thioether (sulfide) groups is 1. The average Bonchev–Trinajstić information content (AvgIpc) is 2.56. The van der Waals surface area contributed by atoms with Gasteiger partial charge in [-0.05, 0) is 12.5 Å². The fourth-order valence-corrected chi connectivity index (χ4v) is 3.67. The topological polar surface area (TPSA) is 64.0 Å². The predicted octanol–water partition coefficient (Wildman–Crippen LogP) is 2.84. The molecular weight excluding hydrogens is 322 g/mol. The Morgan fingerprint density at radius 2 is 2.25 bits per heavy atom. The molecule has 3 rings (SSSR count). The second-order valence-electron chi connectivity index (χ2n) is 5.84. The summed E-state index contributed by atoms with van der Waals surface area (Å²) in [4.78, 5) is 29.1. The highest BCUT2D eigenvalue weighted by Gasteiger charge is 2.32. The molecule has 1 unspecified atom stereocenters. The molecule has 0 bridgehead atoms. The van der Waals surface area contributed by atoms with E-state index in [1.165, 1.54) is 11.8 Å². The Morgan fingerprint density at radius 3 is 2.96 bits per heavy atom. The lowest BCUT2D eigenvalue weighted by Crippen LogP contribution is -2.33. The van der Waals surface area contributed by atoms with E-state index in [2.05, 4.69) is 16.9 Å². The molecular formula is C18H19N3O2S. The number of benzene rings is 1. The van der Waals surface area contributed by atoms with Crippen LogP contribution in [0.15, 0.2) is 46.9 Å². The number of aryl methyl sites for hydroxylation is 1. The number of amides is 1. The van der Waals surface area contributed by atoms with Crippen molar-refractivity contribution in [2.24, 2.45) is 7.05 Å². The van der Waals surface area contributed by atoms with Gasteiger partial charge < -0.3 is 9.88 Å². The molecule has 1 atom stereocenters. The number of anilines is 1. The van der Waals surface area contributed by atoms with Gasteiger partial charge in [-0.15, -0.1) is 6.58 Å². The highest BCUT2D eigenvalue weighted by Crippen LogP contribution is 2.35. The maximum absolute atomic E-state index is 12.7. The molecule has 124 valence electrons. The summed E-state index contributed by atoms with van der Waals surface area (Å²) in [7, 11) is 1.82. The minimum atomic E-state index is -0.277. The van der Waals surface area contributed by atoms with E-state index in [4.69, 9.17) is 0 Å². The molecule has 1 aliphatic heterocycles. The second kappa shape index (κ2) is 6.65. The van der Waals surface area contributed by atoms with E-state index in [-0.39, 0.29) is 23.8 Å². The van der Waals surface area contributed by atoms with E-state index >= 15 is 0 Å². The molecule has 0 fully saturated rings. The second-order valence-corrected chi connectivity index (χ2v) is 6.83. The van der Waals surface area contributed by atoms with Crippen molar-refractivity contribution in [2.45, 2.75) is 24.4 Å². The first kappa shape index (κ1) is 16.5. The highest BCUT2D eigenvalue weighted by molar-refractivity contribution is 7.99. The first-order valence-electron chi connectivity index (χ1n) is 7.72. The maximum atomic E-state index is 12.7. The minimum absolute atomic E-state index is 0.0881. The lowest BCUT2D eigenvalue weighted by atomic mass is 9.86. The number of fused-ring (bicyclic) bond motifs is 1. The van der Waals surface area contributed by atoms with E-state index < -0.39 is 0 Å². The summed E-state index contributed by atoms with van der Waals surface area (Å²) in [6, 6.07) is 7.93. The molecule has 6 heteroatoms. The Kier molecular flexibility index (Phi) is 4.57. The Bertz CT molecular complexity index is 873. The van der Waals surface area contributed by atoms with Gasteiger partial charge >= 0.3 is 0 Å². The van der Waals surface area contributed by atoms with Crippen LogP contribution < -0.4 is 10.9 Å². The van der Waals surface area contributed by atoms with Crippen LogP contribution in [0.2, 0.25) is 0 Å². The molecule has 5 nitrogen and oxygen atoms in total. The molecule has 0 saturated heterocycles. The summed E-state index contributed by atoms with van der Waals surface area (Å²) < 4.78 is 1.78. The van der Waals surface area contributed by atoms with Crippen molar-refractivity contribution in [2.75, 3.05) is 11.1 Å². The molecule has 1 aliphatic rings. The third-order valence-electron chi connectivity index (χ3n) is 4.08. The molecule has 1 aromatic heterocycles. The summed E-state index contributed by atoms with van der Waals surface area (Å²) in [5.41, 5.74) is 2.35. The monoisotopic (exact) mass is 341 g/mol. The number of hydrogen-bond donors (Lipinski definition) is 1. The average molecular weight is 341 g/mol. The SMILES string of the molecule is C=CCSc1nc(=O)c2c(n1C)NC(=O)CC2c1cccc(C)c1. The lowest BCUT2D eigenvalue weighted by molar-refractivity contribution is -0.116. The molecule has 1 amide bonds. The van der Waals surface area contributed by atoms with Crippen LogP contribution in [0.25, 0.3) is 0 Å². The van der Waals surface area contributed by atoms with E-state index in [0.717, 1.165) is 11.1 Å². The van der Waals surface area contributed by atoms with Crippen LogP contribution in [0.3, 0.4) is 0 Å². The maximum Gasteiger partial charge on any atom is 0.279 e. The van der Waals surface area contributed by atoms with Gasteiger partial charge in [0.15, 0.2) is 5.16 Å². The van der Waals surface area contributed by atoms with E-state index in [0.29, 0.717) is 22.3 Å². The van der Waals surface area contributed by atoms with Crippen molar-refractivity contribution < 1.29 is 4.79 Å². The number of hydrogen-bond acceptors (Lipinski definition) is 4. The van der Waals surface area contributed by atoms with E-state index in [9.17, 15) is 9.59 Å². The van der Waals surface area contributed by atoms with Crippen LogP contribution in [-0.4, -0.2) is 21.2 Å². The predicted molar refractivity (Wildman–Crippen MR) is 96.7 cm³/mol. The normalized spacial score (nSPS) is 16.4. The first-order chi connectivity index (χ1) is 11.5. The van der Waals surface area contributed by atoms with Gasteiger partial charge in [0.2, 0.25) is 5.91 Å². The van der Waals surface area contributed by atoms with Crippen LogP contribution in [0.4, 0.5) is 5.82 Å². The van der Waals surface area contributed by atoms with Crippen LogP contribution in [0.1, 0.15) is 29.0 Å². The zero-order valence-corrected chi connectivity index (χ0v) is 14.5. The summed E-state index contributed by atoms with van der Waals surface area (Å²) in [6.45, 7) is 5.68. The number of nitrogens with one attached hydrogen (secondary N) is 1. The summed E-state index contributed by atoms with van der Waals surface area (Å²) in [5.74, 6) is 0.839. The van der Waals surface area contributed by atoms with Gasteiger partial charge in [0.05, 0.1) is 5.56 Å². The number of carbonyl (C=O) groups excluding carboxylic acids is 1. The fraction of sp³-hybridized carbons (Fsp3) is 0.278. The first-order valence-corrected chi connectivity index (χ1v) is 8.71.